The zero-order chi connectivity index (χ0) is 34.2. The molecular weight excluding hydrogens is 680 g/mol. The summed E-state index contributed by atoms with van der Waals surface area (Å²) >= 11 is 3.56. The second-order valence-electron chi connectivity index (χ2n) is 12.5. The smallest absolute Gasteiger partial charge is 0.339 e. The van der Waals surface area contributed by atoms with Crippen LogP contribution in [0.2, 0.25) is 0 Å². The van der Waals surface area contributed by atoms with Gasteiger partial charge >= 0.3 is 5.97 Å². The molecule has 0 saturated carbocycles. The lowest BCUT2D eigenvalue weighted by Crippen LogP contribution is -2.31. The summed E-state index contributed by atoms with van der Waals surface area (Å²) in [6.07, 6.45) is 5.23. The van der Waals surface area contributed by atoms with E-state index in [0.29, 0.717) is 46.3 Å². The molecule has 0 spiro atoms. The van der Waals surface area contributed by atoms with E-state index in [1.165, 1.54) is 4.90 Å². The van der Waals surface area contributed by atoms with Gasteiger partial charge in [-0.15, -0.1) is 0 Å². The van der Waals surface area contributed by atoms with E-state index in [0.717, 1.165) is 21.2 Å². The van der Waals surface area contributed by atoms with E-state index in [9.17, 15) is 19.2 Å². The standard InChI is InChI=1S/C41H33BrN2O5/c1-3-25-20-30(42)21-33-34(41(48)49-23-36(45)29-14-12-27(13-15-29)26-9-5-4-6-10-26)22-35(43-38(25)33)28-16-18-31(19-17-28)44-39(46)32-11-7-8-24(2)37(32)40(44)47/h4-10,12-22,24,32,37H,3,11,23H2,1-2H3. The SMILES string of the molecule is CCc1cc(Br)cc2c(C(=O)OCC(=O)c3ccc(-c4ccccc4)cc3)cc(-c3ccc(N4C(=O)C5CC=CC(C)C5C4=O)cc3)nc12. The van der Waals surface area contributed by atoms with E-state index in [1.807, 2.05) is 80.6 Å². The van der Waals surface area contributed by atoms with Gasteiger partial charge in [-0.05, 0) is 65.8 Å². The first-order chi connectivity index (χ1) is 23.7. The summed E-state index contributed by atoms with van der Waals surface area (Å²) in [5.41, 5.74) is 6.08. The normalized spacial score (nSPS) is 18.5. The highest BCUT2D eigenvalue weighted by Gasteiger charge is 2.50. The molecule has 7 rings (SSSR count). The van der Waals surface area contributed by atoms with E-state index in [-0.39, 0.29) is 40.9 Å². The zero-order valence-corrected chi connectivity index (χ0v) is 28.6. The van der Waals surface area contributed by atoms with Crippen molar-refractivity contribution in [2.24, 2.45) is 17.8 Å². The Morgan fingerprint density at radius 1 is 0.878 bits per heavy atom. The van der Waals surface area contributed by atoms with Crippen LogP contribution in [0.25, 0.3) is 33.3 Å². The number of carbonyl (C=O) groups excluding carboxylic acids is 4. The number of carbonyl (C=O) groups is 4. The lowest BCUT2D eigenvalue weighted by Gasteiger charge is -2.22. The van der Waals surface area contributed by atoms with Crippen LogP contribution in [0.3, 0.4) is 0 Å². The van der Waals surface area contributed by atoms with E-state index in [2.05, 4.69) is 15.9 Å². The van der Waals surface area contributed by atoms with Crippen LogP contribution >= 0.6 is 15.9 Å². The molecule has 0 bridgehead atoms. The number of esters is 1. The molecule has 3 unspecified atom stereocenters. The van der Waals surface area contributed by atoms with Crippen LogP contribution in [0.1, 0.15) is 46.5 Å². The monoisotopic (exact) mass is 712 g/mol. The molecule has 244 valence electrons. The Hall–Kier alpha value is -5.21. The third kappa shape index (κ3) is 6.13. The minimum Gasteiger partial charge on any atom is -0.454 e. The summed E-state index contributed by atoms with van der Waals surface area (Å²) in [6, 6.07) is 29.7. The summed E-state index contributed by atoms with van der Waals surface area (Å²) in [4.78, 5) is 59.6. The van der Waals surface area contributed by atoms with Crippen molar-refractivity contribution in [2.45, 2.75) is 26.7 Å². The van der Waals surface area contributed by atoms with Gasteiger partial charge in [-0.1, -0.05) is 109 Å². The van der Waals surface area contributed by atoms with Crippen LogP contribution in [-0.2, 0) is 20.7 Å². The van der Waals surface area contributed by atoms with Crippen LogP contribution in [0.5, 0.6) is 0 Å². The number of ketones is 1. The Kier molecular flexibility index (Phi) is 8.82. The maximum absolute atomic E-state index is 13.7. The highest BCUT2D eigenvalue weighted by molar-refractivity contribution is 9.10. The first-order valence-corrected chi connectivity index (χ1v) is 17.2. The van der Waals surface area contributed by atoms with E-state index >= 15 is 0 Å². The van der Waals surface area contributed by atoms with E-state index in [4.69, 9.17) is 9.72 Å². The van der Waals surface area contributed by atoms with Gasteiger partial charge in [0.05, 0.1) is 34.3 Å². The van der Waals surface area contributed by atoms with Gasteiger partial charge in [-0.25, -0.2) is 9.78 Å². The number of anilines is 1. The maximum Gasteiger partial charge on any atom is 0.339 e. The largest absolute Gasteiger partial charge is 0.454 e. The fourth-order valence-electron chi connectivity index (χ4n) is 6.90. The average Bonchev–Trinajstić information content (AvgIpc) is 3.39. The van der Waals surface area contributed by atoms with Gasteiger partial charge in [0.1, 0.15) is 0 Å². The molecule has 8 heteroatoms. The molecule has 2 heterocycles. The lowest BCUT2D eigenvalue weighted by atomic mass is 9.78. The number of rotatable bonds is 8. The van der Waals surface area contributed by atoms with Crippen molar-refractivity contribution < 1.29 is 23.9 Å². The fraction of sp³-hybridized carbons (Fsp3) is 0.195. The van der Waals surface area contributed by atoms with E-state index in [1.54, 1.807) is 42.5 Å². The van der Waals surface area contributed by atoms with Crippen molar-refractivity contribution in [1.82, 2.24) is 4.98 Å². The molecular formula is C41H33BrN2O5. The van der Waals surface area contributed by atoms with Gasteiger partial charge in [0.15, 0.2) is 12.4 Å². The molecule has 1 aliphatic carbocycles. The summed E-state index contributed by atoms with van der Waals surface area (Å²) in [6.45, 7) is 3.57. The predicted molar refractivity (Wildman–Crippen MR) is 193 cm³/mol. The fourth-order valence-corrected chi connectivity index (χ4v) is 7.41. The predicted octanol–water partition coefficient (Wildman–Crippen LogP) is 8.64. The molecule has 0 radical (unpaired) electrons. The Morgan fingerprint density at radius 2 is 1.57 bits per heavy atom. The molecule has 1 saturated heterocycles. The number of fused-ring (bicyclic) bond motifs is 2. The molecule has 0 N–H and O–H groups in total. The van der Waals surface area contributed by atoms with Crippen LogP contribution in [0, 0.1) is 17.8 Å². The van der Waals surface area contributed by atoms with Gasteiger partial charge in [-0.3, -0.25) is 19.3 Å². The molecule has 4 aromatic carbocycles. The Balaban J connectivity index is 1.16. The van der Waals surface area contributed by atoms with Crippen molar-refractivity contribution in [3.05, 3.63) is 130 Å². The third-order valence-electron chi connectivity index (χ3n) is 9.50. The van der Waals surface area contributed by atoms with Gasteiger partial charge < -0.3 is 4.74 Å². The molecule has 3 atom stereocenters. The highest BCUT2D eigenvalue weighted by atomic mass is 79.9. The second kappa shape index (κ2) is 13.4. The number of nitrogens with zero attached hydrogens (tertiary/aromatic N) is 2. The number of Topliss-reactive ketones (excluding diaryl/α,β-unsaturated/α-hetero) is 1. The summed E-state index contributed by atoms with van der Waals surface area (Å²) < 4.78 is 6.41. The van der Waals surface area contributed by atoms with Crippen molar-refractivity contribution in [2.75, 3.05) is 11.5 Å². The van der Waals surface area contributed by atoms with Crippen molar-refractivity contribution >= 4 is 56.1 Å². The van der Waals surface area contributed by atoms with Gasteiger partial charge in [-0.2, -0.15) is 0 Å². The first-order valence-electron chi connectivity index (χ1n) is 16.4. The Bertz CT molecular complexity index is 2140. The molecule has 7 nitrogen and oxygen atoms in total. The lowest BCUT2D eigenvalue weighted by molar-refractivity contribution is -0.122. The summed E-state index contributed by atoms with van der Waals surface area (Å²) in [5.74, 6) is -1.98. The summed E-state index contributed by atoms with van der Waals surface area (Å²) in [5, 5.41) is 0.606. The minimum atomic E-state index is -0.640. The minimum absolute atomic E-state index is 0.00253. The van der Waals surface area contributed by atoms with Crippen molar-refractivity contribution in [1.29, 1.82) is 0 Å². The molecule has 1 aromatic heterocycles. The molecule has 1 aliphatic heterocycles. The van der Waals surface area contributed by atoms with E-state index < -0.39 is 12.6 Å². The number of allylic oxidation sites excluding steroid dienone is 2. The number of aryl methyl sites for hydroxylation is 1. The van der Waals surface area contributed by atoms with Crippen LogP contribution < -0.4 is 4.90 Å². The first kappa shape index (κ1) is 32.3. The molecule has 2 amide bonds. The van der Waals surface area contributed by atoms with Gasteiger partial charge in [0, 0.05) is 21.0 Å². The molecule has 1 fully saturated rings. The number of imide groups is 1. The van der Waals surface area contributed by atoms with Crippen molar-refractivity contribution in [3.63, 3.8) is 0 Å². The van der Waals surface area contributed by atoms with Crippen molar-refractivity contribution in [3.8, 4) is 22.4 Å². The Labute approximate surface area is 292 Å². The third-order valence-corrected chi connectivity index (χ3v) is 9.96. The topological polar surface area (TPSA) is 93.6 Å². The quantitative estimate of drug-likeness (QED) is 0.0692. The number of hydrogen-bond acceptors (Lipinski definition) is 6. The van der Waals surface area contributed by atoms with Crippen LogP contribution in [-0.4, -0.2) is 35.2 Å². The number of ether oxygens (including phenoxy) is 1. The second-order valence-corrected chi connectivity index (χ2v) is 13.4. The average molecular weight is 714 g/mol. The number of halogens is 1. The van der Waals surface area contributed by atoms with Crippen LogP contribution in [0.15, 0.2) is 114 Å². The number of amides is 2. The number of aromatic nitrogens is 1. The van der Waals surface area contributed by atoms with Gasteiger partial charge in [0.2, 0.25) is 11.8 Å². The summed E-state index contributed by atoms with van der Waals surface area (Å²) in [7, 11) is 0. The number of hydrogen-bond donors (Lipinski definition) is 0. The zero-order valence-electron chi connectivity index (χ0n) is 27.1. The highest BCUT2D eigenvalue weighted by Crippen LogP contribution is 2.41. The number of benzene rings is 4. The molecule has 5 aromatic rings. The van der Waals surface area contributed by atoms with Gasteiger partial charge in [0.25, 0.3) is 0 Å². The molecule has 2 aliphatic rings. The van der Waals surface area contributed by atoms with Crippen LogP contribution in [0.4, 0.5) is 5.69 Å². The maximum atomic E-state index is 13.7. The Morgan fingerprint density at radius 3 is 2.27 bits per heavy atom. The number of pyridine rings is 1. The molecule has 49 heavy (non-hydrogen) atoms.